The number of aromatic nitrogens is 6. The highest BCUT2D eigenvalue weighted by atomic mass is 35.5. The minimum Gasteiger partial charge on any atom is -0.475 e. The molecule has 0 aliphatic carbocycles. The number of fused-ring (bicyclic) bond motifs is 4. The lowest BCUT2D eigenvalue weighted by Crippen LogP contribution is -2.27. The van der Waals surface area contributed by atoms with Gasteiger partial charge in [-0.25, -0.2) is 14.5 Å². The van der Waals surface area contributed by atoms with Gasteiger partial charge in [0.1, 0.15) is 12.1 Å². The fourth-order valence-electron chi connectivity index (χ4n) is 5.42. The average molecular weight is 751 g/mol. The van der Waals surface area contributed by atoms with Crippen LogP contribution in [0.4, 0.5) is 18.9 Å². The predicted molar refractivity (Wildman–Crippen MR) is 181 cm³/mol. The lowest BCUT2D eigenvalue weighted by atomic mass is 9.93. The Morgan fingerprint density at radius 1 is 1.00 bits per heavy atom. The molecule has 0 radical (unpaired) electrons. The Labute approximate surface area is 302 Å². The first-order valence-electron chi connectivity index (χ1n) is 15.2. The van der Waals surface area contributed by atoms with Gasteiger partial charge in [-0.3, -0.25) is 19.1 Å². The second-order valence-corrected chi connectivity index (χ2v) is 12.3. The lowest BCUT2D eigenvalue weighted by molar-refractivity contribution is -0.192. The van der Waals surface area contributed by atoms with Crippen molar-refractivity contribution in [1.82, 2.24) is 29.5 Å². The number of benzene rings is 2. The standard InChI is InChI=1S/C32H23Cl2N9O2.C2HF3O2/c1-18-3-2-4-29(27-10-19(7-8-37-27)23-9-20(14-35)21(15-36)11-26(23)39-32(18)45)42-17-38-25(13-31(42)44)24-12-22(33)5-6-28(24)43-16-30(34)40-41-43;3-2(4,5)1(6)7/h5-13,16-18,29H,2-4H2,1H3,(H,39,45);(H,6,7)/t18-,29+;/m1./s1. The molecule has 5 aromatic rings. The predicted octanol–water partition coefficient (Wildman–Crippen LogP) is 6.58. The highest BCUT2D eigenvalue weighted by Crippen LogP contribution is 2.35. The lowest BCUT2D eigenvalue weighted by Gasteiger charge is -2.23. The van der Waals surface area contributed by atoms with Crippen LogP contribution in [0.5, 0.6) is 0 Å². The van der Waals surface area contributed by atoms with Gasteiger partial charge in [0.15, 0.2) is 5.15 Å². The van der Waals surface area contributed by atoms with Crippen LogP contribution in [0.2, 0.25) is 10.2 Å². The Hall–Kier alpha value is -6.10. The number of anilines is 1. The normalized spacial score (nSPS) is 15.7. The molecule has 0 fully saturated rings. The van der Waals surface area contributed by atoms with E-state index in [1.165, 1.54) is 27.7 Å². The summed E-state index contributed by atoms with van der Waals surface area (Å²) in [5.41, 5.74) is 3.83. The van der Waals surface area contributed by atoms with Crippen molar-refractivity contribution in [3.8, 4) is 40.2 Å². The number of rotatable bonds is 3. The molecule has 0 saturated heterocycles. The molecule has 264 valence electrons. The van der Waals surface area contributed by atoms with Gasteiger partial charge in [0.05, 0.1) is 46.8 Å². The molecule has 2 aromatic carbocycles. The van der Waals surface area contributed by atoms with E-state index in [0.29, 0.717) is 63.7 Å². The number of carbonyl (C=O) groups is 2. The summed E-state index contributed by atoms with van der Waals surface area (Å²) < 4.78 is 34.7. The number of hydrogen-bond donors (Lipinski definition) is 2. The van der Waals surface area contributed by atoms with E-state index in [9.17, 15) is 33.3 Å². The number of amides is 1. The molecule has 0 saturated carbocycles. The van der Waals surface area contributed by atoms with E-state index in [1.54, 1.807) is 42.7 Å². The zero-order valence-electron chi connectivity index (χ0n) is 26.8. The largest absolute Gasteiger partial charge is 0.490 e. The number of nitrogens with zero attached hydrogens (tertiary/aromatic N) is 8. The van der Waals surface area contributed by atoms with Gasteiger partial charge in [0.25, 0.3) is 5.56 Å². The second-order valence-electron chi connectivity index (χ2n) is 11.4. The van der Waals surface area contributed by atoms with Crippen molar-refractivity contribution in [3.63, 3.8) is 0 Å². The van der Waals surface area contributed by atoms with E-state index in [-0.39, 0.29) is 33.7 Å². The Morgan fingerprint density at radius 2 is 1.71 bits per heavy atom. The Bertz CT molecular complexity index is 2330. The highest BCUT2D eigenvalue weighted by molar-refractivity contribution is 6.31. The van der Waals surface area contributed by atoms with Crippen LogP contribution in [-0.4, -0.2) is 52.7 Å². The van der Waals surface area contributed by atoms with Crippen LogP contribution in [0.15, 0.2) is 72.0 Å². The van der Waals surface area contributed by atoms with Crippen LogP contribution < -0.4 is 10.9 Å². The number of nitriles is 2. The van der Waals surface area contributed by atoms with Gasteiger partial charge in [0, 0.05) is 40.0 Å². The molecule has 1 amide bonds. The Balaban J connectivity index is 0.000000679. The third kappa shape index (κ3) is 8.26. The first-order chi connectivity index (χ1) is 24.7. The number of carbonyl (C=O) groups excluding carboxylic acids is 1. The van der Waals surface area contributed by atoms with E-state index in [2.05, 4.69) is 31.7 Å². The smallest absolute Gasteiger partial charge is 0.475 e. The summed E-state index contributed by atoms with van der Waals surface area (Å²) in [6, 6.07) is 16.9. The maximum atomic E-state index is 13.8. The molecular weight excluding hydrogens is 726 g/mol. The van der Waals surface area contributed by atoms with Crippen molar-refractivity contribution in [2.24, 2.45) is 5.92 Å². The van der Waals surface area contributed by atoms with Crippen LogP contribution in [0, 0.1) is 28.6 Å². The molecule has 0 spiro atoms. The van der Waals surface area contributed by atoms with Crippen molar-refractivity contribution < 1.29 is 27.9 Å². The monoisotopic (exact) mass is 749 g/mol. The molecule has 3 aromatic heterocycles. The number of halogens is 5. The van der Waals surface area contributed by atoms with Gasteiger partial charge in [0.2, 0.25) is 5.91 Å². The summed E-state index contributed by atoms with van der Waals surface area (Å²) in [5, 5.41) is 37.9. The number of carboxylic acids is 1. The van der Waals surface area contributed by atoms with Crippen LogP contribution in [-0.2, 0) is 9.59 Å². The third-order valence-electron chi connectivity index (χ3n) is 8.01. The number of nitrogens with one attached hydrogen (secondary N) is 1. The summed E-state index contributed by atoms with van der Waals surface area (Å²) in [7, 11) is 0. The molecule has 2 bridgehead atoms. The minimum atomic E-state index is -5.08. The van der Waals surface area contributed by atoms with Crippen molar-refractivity contribution >= 4 is 40.8 Å². The third-order valence-corrected chi connectivity index (χ3v) is 8.42. The van der Waals surface area contributed by atoms with E-state index >= 15 is 0 Å². The SMILES string of the molecule is C[C@@H]1CCC[C@H](n2cnc(-c3cc(Cl)ccc3-n3cc(Cl)nn3)cc2=O)c2cc(ccn2)-c2cc(C#N)c(C#N)cc2NC1=O.O=C(O)C(F)(F)F. The zero-order valence-corrected chi connectivity index (χ0v) is 28.3. The fraction of sp³-hybridized carbons (Fsp3) is 0.206. The van der Waals surface area contributed by atoms with Crippen molar-refractivity contribution in [2.75, 3.05) is 5.32 Å². The summed E-state index contributed by atoms with van der Waals surface area (Å²) in [6.45, 7) is 1.83. The topological polar surface area (TPSA) is 192 Å². The number of pyridine rings is 1. The first kappa shape index (κ1) is 37.2. The summed E-state index contributed by atoms with van der Waals surface area (Å²) in [4.78, 5) is 45.1. The minimum absolute atomic E-state index is 0.163. The molecule has 1 aliphatic heterocycles. The van der Waals surface area contributed by atoms with Crippen LogP contribution >= 0.6 is 23.2 Å². The number of alkyl halides is 3. The van der Waals surface area contributed by atoms with Crippen LogP contribution in [0.25, 0.3) is 28.1 Å². The average Bonchev–Trinajstić information content (AvgIpc) is 3.55. The van der Waals surface area contributed by atoms with Crippen molar-refractivity contribution in [3.05, 3.63) is 105 Å². The van der Waals surface area contributed by atoms with Crippen molar-refractivity contribution in [2.45, 2.75) is 38.4 Å². The Morgan fingerprint density at radius 3 is 2.35 bits per heavy atom. The summed E-state index contributed by atoms with van der Waals surface area (Å²) >= 11 is 12.3. The number of hydrogen-bond acceptors (Lipinski definition) is 9. The zero-order chi connectivity index (χ0) is 37.7. The van der Waals surface area contributed by atoms with Crippen molar-refractivity contribution in [1.29, 1.82) is 10.5 Å². The quantitative estimate of drug-likeness (QED) is 0.203. The van der Waals surface area contributed by atoms with E-state index < -0.39 is 18.2 Å². The van der Waals surface area contributed by atoms with Gasteiger partial charge in [-0.1, -0.05) is 41.8 Å². The molecule has 1 aliphatic rings. The molecule has 2 atom stereocenters. The fourth-order valence-corrected chi connectivity index (χ4v) is 5.72. The van der Waals surface area contributed by atoms with E-state index in [0.717, 1.165) is 0 Å². The number of aliphatic carboxylic acids is 1. The molecule has 6 rings (SSSR count). The molecule has 0 unspecified atom stereocenters. The maximum Gasteiger partial charge on any atom is 0.490 e. The number of carboxylic acid groups (broad SMARTS) is 1. The summed E-state index contributed by atoms with van der Waals surface area (Å²) in [6.07, 6.45) is 1.24. The van der Waals surface area contributed by atoms with Gasteiger partial charge in [-0.2, -0.15) is 23.7 Å². The van der Waals surface area contributed by atoms with E-state index in [4.69, 9.17) is 33.1 Å². The molecule has 4 heterocycles. The first-order valence-corrected chi connectivity index (χ1v) is 16.0. The van der Waals surface area contributed by atoms with Gasteiger partial charge < -0.3 is 10.4 Å². The molecular formula is C34H24Cl2F3N9O4. The van der Waals surface area contributed by atoms with Crippen LogP contribution in [0.3, 0.4) is 0 Å². The summed E-state index contributed by atoms with van der Waals surface area (Å²) in [5.74, 6) is -3.31. The molecule has 13 nitrogen and oxygen atoms in total. The molecule has 18 heteroatoms. The highest BCUT2D eigenvalue weighted by Gasteiger charge is 2.38. The second kappa shape index (κ2) is 15.4. The van der Waals surface area contributed by atoms with E-state index in [1.807, 2.05) is 19.1 Å². The van der Waals surface area contributed by atoms with Gasteiger partial charge in [-0.15, -0.1) is 5.10 Å². The maximum absolute atomic E-state index is 13.8. The van der Waals surface area contributed by atoms with Gasteiger partial charge >= 0.3 is 12.1 Å². The Kier molecular flexibility index (Phi) is 11.0. The van der Waals surface area contributed by atoms with Gasteiger partial charge in [-0.05, 0) is 60.9 Å². The molecule has 2 N–H and O–H groups in total. The molecule has 52 heavy (non-hydrogen) atoms. The van der Waals surface area contributed by atoms with Crippen LogP contribution in [0.1, 0.15) is 49.0 Å².